The van der Waals surface area contributed by atoms with Crippen LogP contribution in [0.1, 0.15) is 18.5 Å². The summed E-state index contributed by atoms with van der Waals surface area (Å²) in [6.07, 6.45) is 7.17. The minimum Gasteiger partial charge on any atom is -0.378 e. The Hall–Kier alpha value is -1.90. The van der Waals surface area contributed by atoms with Crippen molar-refractivity contribution < 1.29 is 0 Å². The van der Waals surface area contributed by atoms with Crippen LogP contribution < -0.4 is 5.32 Å². The fourth-order valence-corrected chi connectivity index (χ4v) is 1.43. The molecule has 0 radical (unpaired) electrons. The normalized spacial score (nSPS) is 12.1. The fourth-order valence-electron chi connectivity index (χ4n) is 1.43. The molecule has 15 heavy (non-hydrogen) atoms. The van der Waals surface area contributed by atoms with Gasteiger partial charge in [0.15, 0.2) is 0 Å². The van der Waals surface area contributed by atoms with E-state index in [4.69, 9.17) is 0 Å². The van der Waals surface area contributed by atoms with Gasteiger partial charge >= 0.3 is 0 Å². The first-order valence-electron chi connectivity index (χ1n) is 4.93. The van der Waals surface area contributed by atoms with Gasteiger partial charge < -0.3 is 5.32 Å². The van der Waals surface area contributed by atoms with Gasteiger partial charge in [0.2, 0.25) is 0 Å². The van der Waals surface area contributed by atoms with Gasteiger partial charge in [0.1, 0.15) is 0 Å². The lowest BCUT2D eigenvalue weighted by Crippen LogP contribution is -2.06. The third-order valence-electron chi connectivity index (χ3n) is 2.27. The summed E-state index contributed by atoms with van der Waals surface area (Å²) < 4.78 is 0. The van der Waals surface area contributed by atoms with Crippen molar-refractivity contribution in [2.45, 2.75) is 13.0 Å². The summed E-state index contributed by atoms with van der Waals surface area (Å²) in [4.78, 5) is 7.97. The van der Waals surface area contributed by atoms with E-state index < -0.39 is 0 Å². The highest BCUT2D eigenvalue weighted by Crippen LogP contribution is 2.17. The molecule has 0 aromatic carbocycles. The first-order valence-corrected chi connectivity index (χ1v) is 4.93. The van der Waals surface area contributed by atoms with E-state index in [-0.39, 0.29) is 6.04 Å². The van der Waals surface area contributed by atoms with E-state index in [0.717, 1.165) is 5.69 Å². The molecule has 0 aliphatic rings. The van der Waals surface area contributed by atoms with Crippen LogP contribution in [0.25, 0.3) is 0 Å². The van der Waals surface area contributed by atoms with Crippen LogP contribution in [0.4, 0.5) is 5.69 Å². The summed E-state index contributed by atoms with van der Waals surface area (Å²) in [6, 6.07) is 8.21. The van der Waals surface area contributed by atoms with Crippen molar-refractivity contribution in [2.24, 2.45) is 0 Å². The summed E-state index contributed by atoms with van der Waals surface area (Å²) in [5.41, 5.74) is 2.30. The highest BCUT2D eigenvalue weighted by molar-refractivity contribution is 5.43. The van der Waals surface area contributed by atoms with Gasteiger partial charge in [-0.05, 0) is 36.8 Å². The van der Waals surface area contributed by atoms with Crippen molar-refractivity contribution in [1.29, 1.82) is 0 Å². The standard InChI is InChI=1S/C12H13N3/c1-10(11-2-6-13-7-3-11)15-12-4-8-14-9-5-12/h2-10H,1H3,(H,14,15). The average molecular weight is 199 g/mol. The van der Waals surface area contributed by atoms with E-state index >= 15 is 0 Å². The zero-order chi connectivity index (χ0) is 10.5. The van der Waals surface area contributed by atoms with Gasteiger partial charge in [-0.3, -0.25) is 9.97 Å². The van der Waals surface area contributed by atoms with E-state index in [2.05, 4.69) is 22.2 Å². The van der Waals surface area contributed by atoms with Crippen LogP contribution in [0.5, 0.6) is 0 Å². The number of nitrogens with zero attached hydrogens (tertiary/aromatic N) is 2. The molecule has 2 rings (SSSR count). The maximum atomic E-state index is 4.00. The molecule has 0 bridgehead atoms. The van der Waals surface area contributed by atoms with Gasteiger partial charge in [-0.15, -0.1) is 0 Å². The van der Waals surface area contributed by atoms with Crippen molar-refractivity contribution in [3.63, 3.8) is 0 Å². The lowest BCUT2D eigenvalue weighted by molar-refractivity contribution is 0.880. The number of pyridine rings is 2. The maximum absolute atomic E-state index is 4.00. The molecule has 0 spiro atoms. The summed E-state index contributed by atoms with van der Waals surface area (Å²) in [5.74, 6) is 0. The van der Waals surface area contributed by atoms with Gasteiger partial charge in [-0.2, -0.15) is 0 Å². The molecule has 0 saturated heterocycles. The topological polar surface area (TPSA) is 37.8 Å². The first kappa shape index (κ1) is 9.65. The van der Waals surface area contributed by atoms with E-state index in [0.29, 0.717) is 0 Å². The quantitative estimate of drug-likeness (QED) is 0.825. The van der Waals surface area contributed by atoms with Crippen molar-refractivity contribution in [3.05, 3.63) is 54.6 Å². The third-order valence-corrected chi connectivity index (χ3v) is 2.27. The summed E-state index contributed by atoms with van der Waals surface area (Å²) in [7, 11) is 0. The maximum Gasteiger partial charge on any atom is 0.0486 e. The molecule has 76 valence electrons. The molecule has 3 heteroatoms. The molecule has 0 saturated carbocycles. The number of anilines is 1. The SMILES string of the molecule is CC(Nc1ccncc1)c1ccncc1. The van der Waals surface area contributed by atoms with Crippen molar-refractivity contribution in [1.82, 2.24) is 9.97 Å². The molecule has 1 N–H and O–H groups in total. The molecular weight excluding hydrogens is 186 g/mol. The molecule has 0 fully saturated rings. The van der Waals surface area contributed by atoms with Crippen LogP contribution in [0.15, 0.2) is 49.1 Å². The van der Waals surface area contributed by atoms with Gasteiger partial charge in [-0.1, -0.05) is 0 Å². The Balaban J connectivity index is 2.08. The highest BCUT2D eigenvalue weighted by Gasteiger charge is 2.03. The molecule has 2 aromatic heterocycles. The third kappa shape index (κ3) is 2.53. The predicted octanol–water partition coefficient (Wildman–Crippen LogP) is 2.65. The van der Waals surface area contributed by atoms with Crippen LogP contribution in [0.2, 0.25) is 0 Å². The Kier molecular flexibility index (Phi) is 2.93. The lowest BCUT2D eigenvalue weighted by Gasteiger charge is -2.14. The predicted molar refractivity (Wildman–Crippen MR) is 60.5 cm³/mol. The second kappa shape index (κ2) is 4.55. The van der Waals surface area contributed by atoms with E-state index in [9.17, 15) is 0 Å². The second-order valence-electron chi connectivity index (χ2n) is 3.38. The molecular formula is C12H13N3. The number of aromatic nitrogens is 2. The van der Waals surface area contributed by atoms with E-state index in [1.54, 1.807) is 24.8 Å². The Morgan fingerprint density at radius 3 is 2.07 bits per heavy atom. The molecule has 1 atom stereocenters. The Bertz CT molecular complexity index is 400. The zero-order valence-electron chi connectivity index (χ0n) is 8.59. The minimum absolute atomic E-state index is 0.274. The number of nitrogens with one attached hydrogen (secondary N) is 1. The van der Waals surface area contributed by atoms with Gasteiger partial charge in [0, 0.05) is 36.5 Å². The van der Waals surface area contributed by atoms with Crippen molar-refractivity contribution in [2.75, 3.05) is 5.32 Å². The van der Waals surface area contributed by atoms with Crippen LogP contribution >= 0.6 is 0 Å². The van der Waals surface area contributed by atoms with Gasteiger partial charge in [0.05, 0.1) is 0 Å². The average Bonchev–Trinajstić information content (AvgIpc) is 2.31. The number of rotatable bonds is 3. The Labute approximate surface area is 89.2 Å². The largest absolute Gasteiger partial charge is 0.378 e. The molecule has 2 heterocycles. The van der Waals surface area contributed by atoms with Crippen LogP contribution in [0, 0.1) is 0 Å². The number of hydrogen-bond acceptors (Lipinski definition) is 3. The fraction of sp³-hybridized carbons (Fsp3) is 0.167. The van der Waals surface area contributed by atoms with E-state index in [1.165, 1.54) is 5.56 Å². The number of hydrogen-bond donors (Lipinski definition) is 1. The molecule has 0 aliphatic heterocycles. The van der Waals surface area contributed by atoms with Gasteiger partial charge in [0.25, 0.3) is 0 Å². The summed E-state index contributed by atoms with van der Waals surface area (Å²) in [5, 5.41) is 3.39. The van der Waals surface area contributed by atoms with Crippen molar-refractivity contribution >= 4 is 5.69 Å². The minimum atomic E-state index is 0.274. The first-order chi connectivity index (χ1) is 7.36. The molecule has 2 aromatic rings. The lowest BCUT2D eigenvalue weighted by atomic mass is 10.1. The molecule has 1 unspecified atom stereocenters. The highest BCUT2D eigenvalue weighted by atomic mass is 14.9. The smallest absolute Gasteiger partial charge is 0.0486 e. The van der Waals surface area contributed by atoms with Crippen LogP contribution in [-0.4, -0.2) is 9.97 Å². The second-order valence-corrected chi connectivity index (χ2v) is 3.38. The Morgan fingerprint density at radius 2 is 1.47 bits per heavy atom. The van der Waals surface area contributed by atoms with E-state index in [1.807, 2.05) is 24.3 Å². The molecule has 0 amide bonds. The Morgan fingerprint density at radius 1 is 0.933 bits per heavy atom. The molecule has 3 nitrogen and oxygen atoms in total. The van der Waals surface area contributed by atoms with Gasteiger partial charge in [-0.25, -0.2) is 0 Å². The molecule has 0 aliphatic carbocycles. The van der Waals surface area contributed by atoms with Crippen molar-refractivity contribution in [3.8, 4) is 0 Å². The zero-order valence-corrected chi connectivity index (χ0v) is 8.59. The summed E-state index contributed by atoms with van der Waals surface area (Å²) in [6.45, 7) is 2.12. The summed E-state index contributed by atoms with van der Waals surface area (Å²) >= 11 is 0. The van der Waals surface area contributed by atoms with Crippen LogP contribution in [0.3, 0.4) is 0 Å². The van der Waals surface area contributed by atoms with Crippen LogP contribution in [-0.2, 0) is 0 Å². The monoisotopic (exact) mass is 199 g/mol.